The number of unbranched alkanes of at least 4 members (excludes halogenated alkanes) is 43. The van der Waals surface area contributed by atoms with Crippen LogP contribution in [0, 0.1) is 0 Å². The average molecular weight is 1150 g/mol. The zero-order chi connectivity index (χ0) is 59.2. The summed E-state index contributed by atoms with van der Waals surface area (Å²) in [6, 6.07) is 0. The Bertz CT molecular complexity index is 1500. The molecule has 0 aliphatic heterocycles. The van der Waals surface area contributed by atoms with Crippen LogP contribution in [0.1, 0.15) is 374 Å². The quantitative estimate of drug-likeness (QED) is 0.0261. The summed E-state index contributed by atoms with van der Waals surface area (Å²) in [7, 11) is 0. The highest BCUT2D eigenvalue weighted by Gasteiger charge is 2.19. The molecule has 0 saturated heterocycles. The molecule has 6 heteroatoms. The van der Waals surface area contributed by atoms with E-state index >= 15 is 0 Å². The molecule has 0 aromatic carbocycles. The van der Waals surface area contributed by atoms with Crippen molar-refractivity contribution in [2.75, 3.05) is 13.2 Å². The molecule has 0 saturated carbocycles. The van der Waals surface area contributed by atoms with Crippen LogP contribution >= 0.6 is 0 Å². The van der Waals surface area contributed by atoms with Crippen LogP contribution in [0.3, 0.4) is 0 Å². The fraction of sp³-hybridized carbons (Fsp3) is 0.803. The van der Waals surface area contributed by atoms with E-state index in [9.17, 15) is 14.4 Å². The van der Waals surface area contributed by atoms with Gasteiger partial charge in [0.25, 0.3) is 0 Å². The molecule has 82 heavy (non-hydrogen) atoms. The van der Waals surface area contributed by atoms with Crippen LogP contribution < -0.4 is 0 Å². The van der Waals surface area contributed by atoms with E-state index in [1.54, 1.807) is 0 Å². The molecule has 0 N–H and O–H groups in total. The summed E-state index contributed by atoms with van der Waals surface area (Å²) >= 11 is 0. The summed E-state index contributed by atoms with van der Waals surface area (Å²) in [5.74, 6) is -0.857. The van der Waals surface area contributed by atoms with E-state index in [0.29, 0.717) is 19.3 Å². The first-order valence-corrected chi connectivity index (χ1v) is 35.9. The normalized spacial score (nSPS) is 12.5. The van der Waals surface area contributed by atoms with Gasteiger partial charge in [0.15, 0.2) is 6.10 Å². The maximum atomic E-state index is 12.9. The molecule has 476 valence electrons. The van der Waals surface area contributed by atoms with Crippen LogP contribution in [0.15, 0.2) is 72.9 Å². The maximum absolute atomic E-state index is 12.9. The Morgan fingerprint density at radius 2 is 0.488 bits per heavy atom. The summed E-state index contributed by atoms with van der Waals surface area (Å²) in [6.07, 6.45) is 92.4. The number of hydrogen-bond acceptors (Lipinski definition) is 6. The van der Waals surface area contributed by atoms with Gasteiger partial charge in [-0.15, -0.1) is 0 Å². The van der Waals surface area contributed by atoms with Gasteiger partial charge < -0.3 is 14.2 Å². The van der Waals surface area contributed by atoms with E-state index in [2.05, 4.69) is 93.7 Å². The van der Waals surface area contributed by atoms with E-state index in [1.807, 2.05) is 0 Å². The second kappa shape index (κ2) is 70.3. The van der Waals surface area contributed by atoms with Crippen molar-refractivity contribution in [2.45, 2.75) is 380 Å². The Balaban J connectivity index is 4.08. The average Bonchev–Trinajstić information content (AvgIpc) is 3.47. The van der Waals surface area contributed by atoms with Crippen LogP contribution in [0.2, 0.25) is 0 Å². The van der Waals surface area contributed by atoms with Crippen molar-refractivity contribution >= 4 is 17.9 Å². The highest BCUT2D eigenvalue weighted by molar-refractivity contribution is 5.71. The van der Waals surface area contributed by atoms with Crippen molar-refractivity contribution in [3.63, 3.8) is 0 Å². The number of carbonyl (C=O) groups excluding carboxylic acids is 3. The van der Waals surface area contributed by atoms with Gasteiger partial charge in [-0.05, 0) is 83.5 Å². The number of hydrogen-bond donors (Lipinski definition) is 0. The molecule has 0 aromatic heterocycles. The SMILES string of the molecule is CC/C=C\C/C=C\C/C=C\C/C=C\C/C=C\CCCCCCCCCCCCCCCCCCCCCC(=O)OCC(COC(=O)CCCCCCC/C=C\CCCC)OC(=O)CCCCCCCCCCCCCCCCCCCC. The van der Waals surface area contributed by atoms with Gasteiger partial charge in [-0.25, -0.2) is 0 Å². The number of rotatable bonds is 66. The minimum Gasteiger partial charge on any atom is -0.462 e. The Hall–Kier alpha value is -3.15. The Labute approximate surface area is 510 Å². The molecule has 1 atom stereocenters. The van der Waals surface area contributed by atoms with Gasteiger partial charge in [-0.3, -0.25) is 14.4 Å². The zero-order valence-electron chi connectivity index (χ0n) is 54.8. The summed E-state index contributed by atoms with van der Waals surface area (Å²) in [6.45, 7) is 6.54. The van der Waals surface area contributed by atoms with Crippen molar-refractivity contribution in [2.24, 2.45) is 0 Å². The molecular weight excluding hydrogens is 1010 g/mol. The smallest absolute Gasteiger partial charge is 0.306 e. The molecule has 0 amide bonds. The van der Waals surface area contributed by atoms with E-state index in [0.717, 1.165) is 96.3 Å². The van der Waals surface area contributed by atoms with E-state index < -0.39 is 6.10 Å². The Morgan fingerprint density at radius 1 is 0.256 bits per heavy atom. The minimum absolute atomic E-state index is 0.0713. The molecule has 0 aliphatic carbocycles. The van der Waals surface area contributed by atoms with Crippen LogP contribution in [0.4, 0.5) is 0 Å². The van der Waals surface area contributed by atoms with Crippen LogP contribution in [0.25, 0.3) is 0 Å². The van der Waals surface area contributed by atoms with E-state index in [4.69, 9.17) is 14.2 Å². The van der Waals surface area contributed by atoms with Crippen LogP contribution in [-0.4, -0.2) is 37.2 Å². The lowest BCUT2D eigenvalue weighted by Crippen LogP contribution is -2.30. The summed E-state index contributed by atoms with van der Waals surface area (Å²) in [4.78, 5) is 38.3. The zero-order valence-corrected chi connectivity index (χ0v) is 54.8. The highest BCUT2D eigenvalue weighted by atomic mass is 16.6. The summed E-state index contributed by atoms with van der Waals surface area (Å²) in [5, 5.41) is 0. The third-order valence-electron chi connectivity index (χ3n) is 15.9. The molecule has 0 heterocycles. The number of esters is 3. The molecule has 0 spiro atoms. The van der Waals surface area contributed by atoms with Crippen LogP contribution in [0.5, 0.6) is 0 Å². The third kappa shape index (κ3) is 67.6. The van der Waals surface area contributed by atoms with Gasteiger partial charge in [-0.2, -0.15) is 0 Å². The Morgan fingerprint density at radius 3 is 0.793 bits per heavy atom. The van der Waals surface area contributed by atoms with Crippen molar-refractivity contribution in [1.29, 1.82) is 0 Å². The molecule has 0 aromatic rings. The lowest BCUT2D eigenvalue weighted by Gasteiger charge is -2.18. The molecule has 0 radical (unpaired) electrons. The monoisotopic (exact) mass is 1150 g/mol. The fourth-order valence-corrected chi connectivity index (χ4v) is 10.6. The lowest BCUT2D eigenvalue weighted by molar-refractivity contribution is -0.167. The lowest BCUT2D eigenvalue weighted by atomic mass is 10.0. The van der Waals surface area contributed by atoms with Gasteiger partial charge in [0, 0.05) is 19.3 Å². The van der Waals surface area contributed by atoms with Crippen molar-refractivity contribution < 1.29 is 28.6 Å². The standard InChI is InChI=1S/C76H136O6/c1-4-7-10-13-16-19-22-24-26-28-30-31-32-33-34-35-36-37-38-39-40-41-42-43-44-45-46-48-49-51-54-57-60-63-66-69-75(78)81-72-73(71-80-74(77)68-65-62-59-56-53-21-18-15-12-9-6-3)82-76(79)70-67-64-61-58-55-52-50-47-29-27-25-23-20-17-14-11-8-5-2/h7,10,15-16,18-19,24,26,30-31,33-34,73H,4-6,8-9,11-14,17,20-23,25,27-29,32,35-72H2,1-3H3/b10-7-,18-15-,19-16-,26-24-,31-30-,34-33-. The van der Waals surface area contributed by atoms with Gasteiger partial charge in [0.2, 0.25) is 0 Å². The minimum atomic E-state index is -0.774. The number of carbonyl (C=O) groups is 3. The van der Waals surface area contributed by atoms with Crippen molar-refractivity contribution in [3.05, 3.63) is 72.9 Å². The van der Waals surface area contributed by atoms with E-state index in [1.165, 1.54) is 238 Å². The second-order valence-electron chi connectivity index (χ2n) is 24.1. The molecule has 0 bridgehead atoms. The summed E-state index contributed by atoms with van der Waals surface area (Å²) in [5.41, 5.74) is 0. The molecule has 6 nitrogen and oxygen atoms in total. The number of allylic oxidation sites excluding steroid dienone is 12. The van der Waals surface area contributed by atoms with Crippen molar-refractivity contribution in [1.82, 2.24) is 0 Å². The predicted molar refractivity (Wildman–Crippen MR) is 358 cm³/mol. The van der Waals surface area contributed by atoms with Crippen LogP contribution in [-0.2, 0) is 28.6 Å². The number of ether oxygens (including phenoxy) is 3. The predicted octanol–water partition coefficient (Wildman–Crippen LogP) is 24.8. The summed E-state index contributed by atoms with van der Waals surface area (Å²) < 4.78 is 17.0. The molecular formula is C76H136O6. The van der Waals surface area contributed by atoms with Gasteiger partial charge >= 0.3 is 17.9 Å². The van der Waals surface area contributed by atoms with Gasteiger partial charge in [0.1, 0.15) is 13.2 Å². The third-order valence-corrected chi connectivity index (χ3v) is 15.9. The Kier molecular flexibility index (Phi) is 67.6. The topological polar surface area (TPSA) is 78.9 Å². The first-order valence-electron chi connectivity index (χ1n) is 35.9. The van der Waals surface area contributed by atoms with Gasteiger partial charge in [-0.1, -0.05) is 344 Å². The largest absolute Gasteiger partial charge is 0.462 e. The fourth-order valence-electron chi connectivity index (χ4n) is 10.6. The molecule has 0 fully saturated rings. The molecule has 1 unspecified atom stereocenters. The molecule has 0 aliphatic rings. The van der Waals surface area contributed by atoms with Crippen molar-refractivity contribution in [3.8, 4) is 0 Å². The first kappa shape index (κ1) is 78.8. The maximum Gasteiger partial charge on any atom is 0.306 e. The van der Waals surface area contributed by atoms with E-state index in [-0.39, 0.29) is 31.1 Å². The first-order chi connectivity index (χ1) is 40.5. The second-order valence-corrected chi connectivity index (χ2v) is 24.1. The molecule has 0 rings (SSSR count). The van der Waals surface area contributed by atoms with Gasteiger partial charge in [0.05, 0.1) is 0 Å². The highest BCUT2D eigenvalue weighted by Crippen LogP contribution is 2.18.